The Labute approximate surface area is 302 Å². The van der Waals surface area contributed by atoms with Crippen LogP contribution in [0.25, 0.3) is 83.9 Å². The van der Waals surface area contributed by atoms with Gasteiger partial charge in [-0.15, -0.1) is 0 Å². The lowest BCUT2D eigenvalue weighted by atomic mass is 9.82. The topological polar surface area (TPSA) is 43.6 Å². The molecule has 10 rings (SSSR count). The number of hydrogen-bond acceptors (Lipinski definition) is 3. The van der Waals surface area contributed by atoms with Crippen LogP contribution in [0.1, 0.15) is 25.0 Å². The first-order chi connectivity index (χ1) is 25.5. The Balaban J connectivity index is 1.18. The van der Waals surface area contributed by atoms with Crippen LogP contribution in [0.3, 0.4) is 0 Å². The molecule has 9 aromatic rings. The molecule has 0 aliphatic heterocycles. The van der Waals surface area contributed by atoms with Crippen molar-refractivity contribution in [2.75, 3.05) is 0 Å². The summed E-state index contributed by atoms with van der Waals surface area (Å²) in [6.45, 7) is 4.69. The predicted octanol–water partition coefficient (Wildman–Crippen LogP) is 11.9. The molecule has 0 fully saturated rings. The van der Waals surface area contributed by atoms with E-state index in [9.17, 15) is 0 Å². The van der Waals surface area contributed by atoms with Crippen LogP contribution < -0.4 is 0 Å². The first kappa shape index (κ1) is 30.2. The molecule has 52 heavy (non-hydrogen) atoms. The average molecular weight is 667 g/mol. The Bertz CT molecular complexity index is 2810. The molecule has 1 aliphatic rings. The highest BCUT2D eigenvalue weighted by Crippen LogP contribution is 2.51. The van der Waals surface area contributed by atoms with Crippen molar-refractivity contribution < 1.29 is 0 Å². The van der Waals surface area contributed by atoms with Gasteiger partial charge in [0.15, 0.2) is 17.5 Å². The van der Waals surface area contributed by atoms with Crippen molar-refractivity contribution in [2.24, 2.45) is 0 Å². The summed E-state index contributed by atoms with van der Waals surface area (Å²) in [7, 11) is 0. The van der Waals surface area contributed by atoms with E-state index in [1.165, 1.54) is 44.1 Å². The molecule has 4 heteroatoms. The van der Waals surface area contributed by atoms with Crippen molar-refractivity contribution >= 4 is 21.8 Å². The lowest BCUT2D eigenvalue weighted by Crippen LogP contribution is -2.14. The van der Waals surface area contributed by atoms with Gasteiger partial charge in [0.25, 0.3) is 0 Å². The second-order valence-electron chi connectivity index (χ2n) is 14.1. The summed E-state index contributed by atoms with van der Waals surface area (Å²) in [4.78, 5) is 15.4. The van der Waals surface area contributed by atoms with Crippen molar-refractivity contribution in [1.29, 1.82) is 0 Å². The van der Waals surface area contributed by atoms with Crippen LogP contribution in [0.2, 0.25) is 0 Å². The SMILES string of the molecule is CC1(C)c2ccccc2-c2cc3c4ccccc4n(-c4cccc(-c5nc(-c6ccccc6)nc(-c6ccccc6-c6ccccc6)n5)c4)c3cc21. The van der Waals surface area contributed by atoms with E-state index in [4.69, 9.17) is 15.0 Å². The van der Waals surface area contributed by atoms with E-state index < -0.39 is 0 Å². The number of para-hydroxylation sites is 1. The number of aromatic nitrogens is 4. The fourth-order valence-electron chi connectivity index (χ4n) is 8.11. The number of hydrogen-bond donors (Lipinski definition) is 0. The van der Waals surface area contributed by atoms with E-state index in [-0.39, 0.29) is 5.41 Å². The number of fused-ring (bicyclic) bond motifs is 6. The molecule has 2 heterocycles. The molecule has 2 aromatic heterocycles. The third kappa shape index (κ3) is 4.72. The van der Waals surface area contributed by atoms with Gasteiger partial charge in [0.2, 0.25) is 0 Å². The summed E-state index contributed by atoms with van der Waals surface area (Å²) in [5.74, 6) is 1.91. The maximum atomic E-state index is 5.19. The van der Waals surface area contributed by atoms with Crippen LogP contribution in [0, 0.1) is 0 Å². The van der Waals surface area contributed by atoms with Gasteiger partial charge in [0.1, 0.15) is 0 Å². The minimum atomic E-state index is -0.103. The van der Waals surface area contributed by atoms with Crippen molar-refractivity contribution in [2.45, 2.75) is 19.3 Å². The highest BCUT2D eigenvalue weighted by Gasteiger charge is 2.36. The molecule has 0 bridgehead atoms. The number of nitrogens with zero attached hydrogens (tertiary/aromatic N) is 4. The van der Waals surface area contributed by atoms with E-state index in [2.05, 4.69) is 158 Å². The summed E-state index contributed by atoms with van der Waals surface area (Å²) in [5.41, 5.74) is 13.7. The zero-order valence-corrected chi connectivity index (χ0v) is 29.0. The number of benzene rings is 7. The summed E-state index contributed by atoms with van der Waals surface area (Å²) >= 11 is 0. The first-order valence-corrected chi connectivity index (χ1v) is 17.8. The predicted molar refractivity (Wildman–Crippen MR) is 213 cm³/mol. The third-order valence-corrected chi connectivity index (χ3v) is 10.7. The van der Waals surface area contributed by atoms with Gasteiger partial charge in [-0.05, 0) is 63.7 Å². The smallest absolute Gasteiger partial charge is 0.164 e. The van der Waals surface area contributed by atoms with Gasteiger partial charge in [-0.3, -0.25) is 0 Å². The van der Waals surface area contributed by atoms with Crippen LogP contribution in [0.4, 0.5) is 0 Å². The fraction of sp³-hybridized carbons (Fsp3) is 0.0625. The van der Waals surface area contributed by atoms with E-state index in [1.807, 2.05) is 30.3 Å². The summed E-state index contributed by atoms with van der Waals surface area (Å²) in [6.07, 6.45) is 0. The quantitative estimate of drug-likeness (QED) is 0.184. The number of rotatable bonds is 5. The minimum absolute atomic E-state index is 0.103. The maximum absolute atomic E-state index is 5.19. The van der Waals surface area contributed by atoms with E-state index in [0.717, 1.165) is 33.5 Å². The van der Waals surface area contributed by atoms with Gasteiger partial charge in [0, 0.05) is 38.6 Å². The Hall–Kier alpha value is -6.65. The highest BCUT2D eigenvalue weighted by molar-refractivity contribution is 6.11. The molecule has 0 amide bonds. The van der Waals surface area contributed by atoms with Gasteiger partial charge in [-0.25, -0.2) is 15.0 Å². The third-order valence-electron chi connectivity index (χ3n) is 10.7. The molecule has 0 N–H and O–H groups in total. The second-order valence-corrected chi connectivity index (χ2v) is 14.1. The monoisotopic (exact) mass is 666 g/mol. The molecule has 0 saturated heterocycles. The molecule has 0 unspecified atom stereocenters. The van der Waals surface area contributed by atoms with E-state index in [0.29, 0.717) is 17.5 Å². The summed E-state index contributed by atoms with van der Waals surface area (Å²) in [6, 6.07) is 60.0. The minimum Gasteiger partial charge on any atom is -0.309 e. The Kier molecular flexibility index (Phi) is 6.80. The normalized spacial score (nSPS) is 13.0. The standard InChI is InChI=1S/C48H34N4/c1-48(2)41-26-13-11-23-36(41)39-29-40-37-24-12-14-27-43(37)52(44(40)30-42(39)48)34-21-15-20-33(28-34)46-49-45(32-18-7-4-8-19-32)50-47(51-46)38-25-10-9-22-35(38)31-16-5-3-6-17-31/h3-30H,1-2H3. The van der Waals surface area contributed by atoms with Crippen LogP contribution in [0.15, 0.2) is 170 Å². The van der Waals surface area contributed by atoms with Crippen molar-refractivity contribution in [3.8, 4) is 62.1 Å². The molecule has 0 atom stereocenters. The van der Waals surface area contributed by atoms with Crippen LogP contribution in [-0.2, 0) is 5.41 Å². The molecule has 1 aliphatic carbocycles. The zero-order valence-electron chi connectivity index (χ0n) is 29.0. The van der Waals surface area contributed by atoms with Gasteiger partial charge < -0.3 is 4.57 Å². The van der Waals surface area contributed by atoms with Gasteiger partial charge in [-0.1, -0.05) is 153 Å². The van der Waals surface area contributed by atoms with Gasteiger partial charge in [-0.2, -0.15) is 0 Å². The maximum Gasteiger partial charge on any atom is 0.164 e. The lowest BCUT2D eigenvalue weighted by molar-refractivity contribution is 0.661. The molecule has 4 nitrogen and oxygen atoms in total. The Morgan fingerprint density at radius 3 is 1.77 bits per heavy atom. The second kappa shape index (κ2) is 11.7. The largest absolute Gasteiger partial charge is 0.309 e. The molecule has 0 saturated carbocycles. The van der Waals surface area contributed by atoms with Crippen LogP contribution >= 0.6 is 0 Å². The van der Waals surface area contributed by atoms with E-state index in [1.54, 1.807) is 0 Å². The van der Waals surface area contributed by atoms with Gasteiger partial charge in [0.05, 0.1) is 11.0 Å². The fourth-order valence-corrected chi connectivity index (χ4v) is 8.11. The Morgan fingerprint density at radius 1 is 0.385 bits per heavy atom. The van der Waals surface area contributed by atoms with Crippen molar-refractivity contribution in [3.63, 3.8) is 0 Å². The molecule has 0 spiro atoms. The Morgan fingerprint density at radius 2 is 0.981 bits per heavy atom. The van der Waals surface area contributed by atoms with Gasteiger partial charge >= 0.3 is 0 Å². The zero-order chi connectivity index (χ0) is 34.8. The summed E-state index contributed by atoms with van der Waals surface area (Å²) in [5, 5.41) is 2.48. The molecule has 7 aromatic carbocycles. The summed E-state index contributed by atoms with van der Waals surface area (Å²) < 4.78 is 2.40. The van der Waals surface area contributed by atoms with Crippen molar-refractivity contribution in [1.82, 2.24) is 19.5 Å². The van der Waals surface area contributed by atoms with Crippen LogP contribution in [0.5, 0.6) is 0 Å². The van der Waals surface area contributed by atoms with Crippen molar-refractivity contribution in [3.05, 3.63) is 181 Å². The molecular formula is C48H34N4. The average Bonchev–Trinajstić information content (AvgIpc) is 3.65. The molecule has 0 radical (unpaired) electrons. The lowest BCUT2D eigenvalue weighted by Gasteiger charge is -2.21. The molecule has 246 valence electrons. The highest BCUT2D eigenvalue weighted by atomic mass is 15.0. The first-order valence-electron chi connectivity index (χ1n) is 17.8. The van der Waals surface area contributed by atoms with Crippen LogP contribution in [-0.4, -0.2) is 19.5 Å². The molecular weight excluding hydrogens is 633 g/mol. The van der Waals surface area contributed by atoms with E-state index >= 15 is 0 Å².